The molecule has 3 nitrogen and oxygen atoms in total. The zero-order valence-corrected chi connectivity index (χ0v) is 9.40. The third-order valence-electron chi connectivity index (χ3n) is 2.36. The molecule has 1 aromatic rings. The number of hydrogen-bond donors (Lipinski definition) is 1. The Labute approximate surface area is 90.3 Å². The van der Waals surface area contributed by atoms with E-state index in [2.05, 4.69) is 4.90 Å². The molecule has 0 aromatic heterocycles. The number of aromatic carboxylic acids is 1. The van der Waals surface area contributed by atoms with E-state index >= 15 is 0 Å². The molecule has 0 saturated heterocycles. The standard InChI is InChI=1S/C12H17NO2/c1-9(8-13(2)3)10-6-4-5-7-11(10)12(14)15/h4-7,9H,8H2,1-3H3,(H,14,15). The van der Waals surface area contributed by atoms with E-state index in [4.69, 9.17) is 5.11 Å². The summed E-state index contributed by atoms with van der Waals surface area (Å²) in [5, 5.41) is 9.04. The Morgan fingerprint density at radius 2 is 2.00 bits per heavy atom. The summed E-state index contributed by atoms with van der Waals surface area (Å²) in [6.45, 7) is 2.89. The van der Waals surface area contributed by atoms with Crippen LogP contribution in [0.25, 0.3) is 0 Å². The molecule has 15 heavy (non-hydrogen) atoms. The highest BCUT2D eigenvalue weighted by Gasteiger charge is 2.14. The van der Waals surface area contributed by atoms with Gasteiger partial charge >= 0.3 is 5.97 Å². The number of rotatable bonds is 4. The van der Waals surface area contributed by atoms with Crippen LogP contribution in [0.4, 0.5) is 0 Å². The van der Waals surface area contributed by atoms with Gasteiger partial charge in [-0.2, -0.15) is 0 Å². The van der Waals surface area contributed by atoms with Crippen LogP contribution in [-0.4, -0.2) is 36.6 Å². The fourth-order valence-electron chi connectivity index (χ4n) is 1.77. The molecule has 1 aromatic carbocycles. The summed E-state index contributed by atoms with van der Waals surface area (Å²) < 4.78 is 0. The van der Waals surface area contributed by atoms with Crippen molar-refractivity contribution < 1.29 is 9.90 Å². The van der Waals surface area contributed by atoms with Crippen molar-refractivity contribution in [2.75, 3.05) is 20.6 Å². The number of likely N-dealkylation sites (N-methyl/N-ethyl adjacent to an activating group) is 1. The van der Waals surface area contributed by atoms with Crippen molar-refractivity contribution >= 4 is 5.97 Å². The molecule has 0 radical (unpaired) electrons. The van der Waals surface area contributed by atoms with Gasteiger partial charge in [-0.15, -0.1) is 0 Å². The van der Waals surface area contributed by atoms with E-state index < -0.39 is 5.97 Å². The van der Waals surface area contributed by atoms with E-state index in [1.54, 1.807) is 12.1 Å². The molecular formula is C12H17NO2. The van der Waals surface area contributed by atoms with Gasteiger partial charge in [-0.05, 0) is 31.6 Å². The maximum Gasteiger partial charge on any atom is 0.335 e. The summed E-state index contributed by atoms with van der Waals surface area (Å²) in [6.07, 6.45) is 0. The van der Waals surface area contributed by atoms with Crippen molar-refractivity contribution in [3.63, 3.8) is 0 Å². The first-order valence-electron chi connectivity index (χ1n) is 4.99. The lowest BCUT2D eigenvalue weighted by Gasteiger charge is -2.18. The zero-order chi connectivity index (χ0) is 11.4. The van der Waals surface area contributed by atoms with Gasteiger partial charge in [0.2, 0.25) is 0 Å². The Hall–Kier alpha value is -1.35. The molecule has 0 aliphatic heterocycles. The minimum Gasteiger partial charge on any atom is -0.478 e. The van der Waals surface area contributed by atoms with E-state index in [1.807, 2.05) is 33.2 Å². The van der Waals surface area contributed by atoms with Crippen LogP contribution in [-0.2, 0) is 0 Å². The minimum atomic E-state index is -0.851. The van der Waals surface area contributed by atoms with Crippen molar-refractivity contribution in [1.29, 1.82) is 0 Å². The fraction of sp³-hybridized carbons (Fsp3) is 0.417. The molecular weight excluding hydrogens is 190 g/mol. The first kappa shape index (κ1) is 11.7. The molecule has 0 bridgehead atoms. The highest BCUT2D eigenvalue weighted by molar-refractivity contribution is 5.89. The lowest BCUT2D eigenvalue weighted by Crippen LogP contribution is -2.20. The summed E-state index contributed by atoms with van der Waals surface area (Å²) in [4.78, 5) is 13.1. The predicted molar refractivity (Wildman–Crippen MR) is 60.4 cm³/mol. The number of carbonyl (C=O) groups is 1. The number of nitrogens with zero attached hydrogens (tertiary/aromatic N) is 1. The second-order valence-corrected chi connectivity index (χ2v) is 4.06. The summed E-state index contributed by atoms with van der Waals surface area (Å²) in [5.41, 5.74) is 1.31. The summed E-state index contributed by atoms with van der Waals surface area (Å²) >= 11 is 0. The molecule has 1 rings (SSSR count). The molecule has 0 aliphatic carbocycles. The van der Waals surface area contributed by atoms with Crippen molar-refractivity contribution in [1.82, 2.24) is 4.90 Å². The lowest BCUT2D eigenvalue weighted by molar-refractivity contribution is 0.0695. The van der Waals surface area contributed by atoms with Gasteiger partial charge in [0.05, 0.1) is 5.56 Å². The van der Waals surface area contributed by atoms with Crippen LogP contribution >= 0.6 is 0 Å². The highest BCUT2D eigenvalue weighted by Crippen LogP contribution is 2.20. The van der Waals surface area contributed by atoms with E-state index in [0.29, 0.717) is 5.56 Å². The van der Waals surface area contributed by atoms with Gasteiger partial charge in [0.25, 0.3) is 0 Å². The van der Waals surface area contributed by atoms with Crippen molar-refractivity contribution in [3.05, 3.63) is 35.4 Å². The van der Waals surface area contributed by atoms with E-state index in [0.717, 1.165) is 12.1 Å². The van der Waals surface area contributed by atoms with E-state index in [1.165, 1.54) is 0 Å². The first-order valence-corrected chi connectivity index (χ1v) is 4.99. The van der Waals surface area contributed by atoms with Crippen molar-refractivity contribution in [2.45, 2.75) is 12.8 Å². The van der Waals surface area contributed by atoms with Crippen molar-refractivity contribution in [3.8, 4) is 0 Å². The maximum absolute atomic E-state index is 11.0. The maximum atomic E-state index is 11.0. The molecule has 1 N–H and O–H groups in total. The second kappa shape index (κ2) is 4.94. The quantitative estimate of drug-likeness (QED) is 0.821. The fourth-order valence-corrected chi connectivity index (χ4v) is 1.77. The first-order chi connectivity index (χ1) is 7.02. The van der Waals surface area contributed by atoms with E-state index in [9.17, 15) is 4.79 Å². The summed E-state index contributed by atoms with van der Waals surface area (Å²) in [5.74, 6) is -0.622. The Bertz CT molecular complexity index is 347. The minimum absolute atomic E-state index is 0.229. The Balaban J connectivity index is 2.97. The molecule has 0 saturated carbocycles. The van der Waals surface area contributed by atoms with E-state index in [-0.39, 0.29) is 5.92 Å². The van der Waals surface area contributed by atoms with Crippen LogP contribution < -0.4 is 0 Å². The molecule has 1 atom stereocenters. The average Bonchev–Trinajstić information content (AvgIpc) is 2.16. The predicted octanol–water partition coefficient (Wildman–Crippen LogP) is 2.05. The smallest absolute Gasteiger partial charge is 0.335 e. The molecule has 0 aliphatic rings. The van der Waals surface area contributed by atoms with Crippen LogP contribution in [0.5, 0.6) is 0 Å². The van der Waals surface area contributed by atoms with Crippen LogP contribution in [0.1, 0.15) is 28.8 Å². The summed E-state index contributed by atoms with van der Waals surface area (Å²) in [6, 6.07) is 7.19. The van der Waals surface area contributed by atoms with Crippen LogP contribution in [0.3, 0.4) is 0 Å². The van der Waals surface area contributed by atoms with Gasteiger partial charge in [-0.3, -0.25) is 0 Å². The SMILES string of the molecule is CC(CN(C)C)c1ccccc1C(=O)O. The topological polar surface area (TPSA) is 40.5 Å². The van der Waals surface area contributed by atoms with Gasteiger partial charge in [0.15, 0.2) is 0 Å². The van der Waals surface area contributed by atoms with Gasteiger partial charge in [0.1, 0.15) is 0 Å². The molecule has 3 heteroatoms. The van der Waals surface area contributed by atoms with Crippen LogP contribution in [0.2, 0.25) is 0 Å². The number of benzene rings is 1. The number of carboxylic acid groups (broad SMARTS) is 1. The second-order valence-electron chi connectivity index (χ2n) is 4.06. The normalized spacial score (nSPS) is 12.8. The monoisotopic (exact) mass is 207 g/mol. The number of carboxylic acids is 1. The van der Waals surface area contributed by atoms with Crippen molar-refractivity contribution in [2.24, 2.45) is 0 Å². The largest absolute Gasteiger partial charge is 0.478 e. The molecule has 0 heterocycles. The van der Waals surface area contributed by atoms with Crippen LogP contribution in [0.15, 0.2) is 24.3 Å². The molecule has 0 spiro atoms. The average molecular weight is 207 g/mol. The molecule has 0 fully saturated rings. The Kier molecular flexibility index (Phi) is 3.86. The Morgan fingerprint density at radius 1 is 1.40 bits per heavy atom. The summed E-state index contributed by atoms with van der Waals surface area (Å²) in [7, 11) is 3.97. The van der Waals surface area contributed by atoms with Gasteiger partial charge in [0, 0.05) is 6.54 Å². The molecule has 82 valence electrons. The van der Waals surface area contributed by atoms with Gasteiger partial charge in [-0.1, -0.05) is 25.1 Å². The van der Waals surface area contributed by atoms with Gasteiger partial charge in [-0.25, -0.2) is 4.79 Å². The number of hydrogen-bond acceptors (Lipinski definition) is 2. The third-order valence-corrected chi connectivity index (χ3v) is 2.36. The molecule has 0 amide bonds. The van der Waals surface area contributed by atoms with Crippen LogP contribution in [0, 0.1) is 0 Å². The lowest BCUT2D eigenvalue weighted by atomic mass is 9.95. The van der Waals surface area contributed by atoms with Gasteiger partial charge < -0.3 is 10.0 Å². The zero-order valence-electron chi connectivity index (χ0n) is 9.40. The third kappa shape index (κ3) is 3.06. The molecule has 1 unspecified atom stereocenters. The highest BCUT2D eigenvalue weighted by atomic mass is 16.4. The Morgan fingerprint density at radius 3 is 2.53 bits per heavy atom.